The number of carbonyl (C=O) groups is 2. The third kappa shape index (κ3) is 6.24. The van der Waals surface area contributed by atoms with Crippen molar-refractivity contribution < 1.29 is 22.7 Å². The van der Waals surface area contributed by atoms with Crippen molar-refractivity contribution in [1.82, 2.24) is 10.2 Å². The lowest BCUT2D eigenvalue weighted by molar-refractivity contribution is -0.139. The van der Waals surface area contributed by atoms with Gasteiger partial charge in [0.1, 0.15) is 11.8 Å². The van der Waals surface area contributed by atoms with Gasteiger partial charge in [0, 0.05) is 25.0 Å². The summed E-state index contributed by atoms with van der Waals surface area (Å²) in [4.78, 5) is 29.5. The van der Waals surface area contributed by atoms with Gasteiger partial charge in [-0.3, -0.25) is 13.9 Å². The van der Waals surface area contributed by atoms with E-state index < -0.39 is 21.6 Å². The predicted octanol–water partition coefficient (Wildman–Crippen LogP) is 3.54. The summed E-state index contributed by atoms with van der Waals surface area (Å²) in [7, 11) is -3.42. The lowest BCUT2D eigenvalue weighted by atomic mass is 9.74. The molecule has 234 valence electrons. The summed E-state index contributed by atoms with van der Waals surface area (Å²) in [6, 6.07) is 15.1. The highest BCUT2D eigenvalue weighted by atomic mass is 35.5. The molecule has 1 saturated heterocycles. The molecule has 2 atom stereocenters. The van der Waals surface area contributed by atoms with Crippen LogP contribution in [0.15, 0.2) is 48.5 Å². The fraction of sp³-hybridized carbons (Fsp3) is 0.562. The topological polar surface area (TPSA) is 122 Å². The van der Waals surface area contributed by atoms with Gasteiger partial charge < -0.3 is 20.7 Å². The molecular weight excluding hydrogens is 588 g/mol. The number of nitrogens with one attached hydrogen (secondary N) is 1. The number of benzene rings is 2. The summed E-state index contributed by atoms with van der Waals surface area (Å²) in [5.74, 6) is 0.747. The van der Waals surface area contributed by atoms with Crippen LogP contribution in [0.4, 0.5) is 5.69 Å². The number of sulfonamides is 1. The summed E-state index contributed by atoms with van der Waals surface area (Å²) in [5, 5.41) is 3.11. The lowest BCUT2D eigenvalue weighted by Crippen LogP contribution is -2.59. The number of hydrogen-bond donors (Lipinski definition) is 2. The molecule has 0 radical (unpaired) electrons. The summed E-state index contributed by atoms with van der Waals surface area (Å²) in [6.07, 6.45) is 7.76. The van der Waals surface area contributed by atoms with Crippen LogP contribution in [-0.4, -0.2) is 69.2 Å². The van der Waals surface area contributed by atoms with Gasteiger partial charge in [0.05, 0.1) is 24.1 Å². The smallest absolute Gasteiger partial charge is 0.245 e. The minimum absolute atomic E-state index is 0. The first kappa shape index (κ1) is 31.6. The molecule has 1 unspecified atom stereocenters. The predicted molar refractivity (Wildman–Crippen MR) is 169 cm³/mol. The Morgan fingerprint density at radius 1 is 1.05 bits per heavy atom. The highest BCUT2D eigenvalue weighted by molar-refractivity contribution is 7.92. The first-order chi connectivity index (χ1) is 20.1. The van der Waals surface area contributed by atoms with Crippen molar-refractivity contribution in [2.45, 2.75) is 74.8 Å². The molecule has 1 saturated carbocycles. The molecule has 0 aromatic heterocycles. The Labute approximate surface area is 261 Å². The molecule has 2 amide bonds. The number of piperidine rings is 1. The molecule has 3 aliphatic heterocycles. The van der Waals surface area contributed by atoms with Crippen molar-refractivity contribution in [3.05, 3.63) is 59.7 Å². The van der Waals surface area contributed by atoms with Crippen LogP contribution >= 0.6 is 12.4 Å². The quantitative estimate of drug-likeness (QED) is 0.504. The number of carbonyl (C=O) groups excluding carboxylic acids is 2. The van der Waals surface area contributed by atoms with E-state index in [-0.39, 0.29) is 35.6 Å². The van der Waals surface area contributed by atoms with Gasteiger partial charge in [0.25, 0.3) is 0 Å². The Morgan fingerprint density at radius 3 is 2.44 bits per heavy atom. The fourth-order valence-electron chi connectivity index (χ4n) is 7.54. The number of rotatable bonds is 6. The standard InChI is InChI=1S/C32H42N4O5S.ClH/c1-42(39,40)36-22-31(25-9-3-4-10-27(25)36)15-17-35(18-16-31)29(37)26(34-30(38)32(33)13-6-7-14-32)21-23-12-19-41-28-11-5-2-8-24(28)20-23;/h2-5,8-11,23,26H,6-7,12-22,33H2,1H3,(H,34,38);1H/t23?,26-;/m1./s1. The third-order valence-electron chi connectivity index (χ3n) is 10.0. The summed E-state index contributed by atoms with van der Waals surface area (Å²) in [6.45, 7) is 1.97. The van der Waals surface area contributed by atoms with Crippen LogP contribution in [0.3, 0.4) is 0 Å². The molecule has 3 N–H and O–H groups in total. The van der Waals surface area contributed by atoms with Crippen LogP contribution in [0.5, 0.6) is 5.75 Å². The fourth-order valence-corrected chi connectivity index (χ4v) is 8.53. The Morgan fingerprint density at radius 2 is 1.72 bits per heavy atom. The van der Waals surface area contributed by atoms with Crippen molar-refractivity contribution >= 4 is 39.9 Å². The van der Waals surface area contributed by atoms with Gasteiger partial charge in [0.15, 0.2) is 0 Å². The molecule has 6 rings (SSSR count). The van der Waals surface area contributed by atoms with Crippen molar-refractivity contribution in [2.75, 3.05) is 36.8 Å². The van der Waals surface area contributed by atoms with Crippen LogP contribution in [-0.2, 0) is 31.4 Å². The van der Waals surface area contributed by atoms with E-state index in [4.69, 9.17) is 10.5 Å². The molecule has 1 spiro atoms. The zero-order chi connectivity index (χ0) is 29.5. The average molecular weight is 631 g/mol. The Balaban J connectivity index is 0.00000368. The summed E-state index contributed by atoms with van der Waals surface area (Å²) < 4.78 is 32.7. The van der Waals surface area contributed by atoms with E-state index in [1.54, 1.807) is 0 Å². The Hall–Kier alpha value is -2.82. The zero-order valence-electron chi connectivity index (χ0n) is 24.8. The second kappa shape index (κ2) is 12.3. The van der Waals surface area contributed by atoms with E-state index in [9.17, 15) is 18.0 Å². The normalized spacial score (nSPS) is 22.9. The maximum atomic E-state index is 14.2. The zero-order valence-corrected chi connectivity index (χ0v) is 26.4. The maximum absolute atomic E-state index is 14.2. The van der Waals surface area contributed by atoms with Crippen LogP contribution in [0.25, 0.3) is 0 Å². The van der Waals surface area contributed by atoms with Gasteiger partial charge in [-0.25, -0.2) is 8.42 Å². The van der Waals surface area contributed by atoms with E-state index in [0.717, 1.165) is 48.2 Å². The highest BCUT2D eigenvalue weighted by Gasteiger charge is 2.48. The molecule has 1 aliphatic carbocycles. The number of halogens is 1. The van der Waals surface area contributed by atoms with Crippen LogP contribution in [0.1, 0.15) is 62.5 Å². The van der Waals surface area contributed by atoms with Gasteiger partial charge in [-0.15, -0.1) is 12.4 Å². The Bertz CT molecular complexity index is 1450. The molecule has 11 heteroatoms. The number of amides is 2. The number of fused-ring (bicyclic) bond motifs is 3. The van der Waals surface area contributed by atoms with Gasteiger partial charge in [0.2, 0.25) is 21.8 Å². The molecule has 0 bridgehead atoms. The summed E-state index contributed by atoms with van der Waals surface area (Å²) >= 11 is 0. The second-order valence-electron chi connectivity index (χ2n) is 12.8. The summed E-state index contributed by atoms with van der Waals surface area (Å²) in [5.41, 5.74) is 8.16. The van der Waals surface area contributed by atoms with Crippen molar-refractivity contribution in [3.8, 4) is 5.75 Å². The van der Waals surface area contributed by atoms with Crippen LogP contribution < -0.4 is 20.1 Å². The molecular formula is C32H43ClN4O5S. The Kier molecular flexibility index (Phi) is 9.03. The van der Waals surface area contributed by atoms with E-state index >= 15 is 0 Å². The highest BCUT2D eigenvalue weighted by Crippen LogP contribution is 2.48. The van der Waals surface area contributed by atoms with E-state index in [1.165, 1.54) is 10.6 Å². The number of nitrogens with zero attached hydrogens (tertiary/aromatic N) is 2. The lowest BCUT2D eigenvalue weighted by Gasteiger charge is -2.41. The number of para-hydroxylation sites is 2. The third-order valence-corrected chi connectivity index (χ3v) is 11.1. The van der Waals surface area contributed by atoms with Crippen molar-refractivity contribution in [2.24, 2.45) is 11.7 Å². The number of nitrogens with two attached hydrogens (primary N) is 1. The number of anilines is 1. The van der Waals surface area contributed by atoms with Crippen molar-refractivity contribution in [1.29, 1.82) is 0 Å². The molecule has 4 aliphatic rings. The second-order valence-corrected chi connectivity index (χ2v) is 14.7. The van der Waals surface area contributed by atoms with Gasteiger partial charge >= 0.3 is 0 Å². The first-order valence-electron chi connectivity index (χ1n) is 15.2. The molecule has 2 aromatic rings. The average Bonchev–Trinajstić information content (AvgIpc) is 3.49. The first-order valence-corrected chi connectivity index (χ1v) is 17.1. The van der Waals surface area contributed by atoms with Gasteiger partial charge in [-0.05, 0) is 74.1 Å². The minimum atomic E-state index is -3.42. The monoisotopic (exact) mass is 630 g/mol. The van der Waals surface area contributed by atoms with Gasteiger partial charge in [-0.2, -0.15) is 0 Å². The number of hydrogen-bond acceptors (Lipinski definition) is 6. The molecule has 2 fully saturated rings. The number of likely N-dealkylation sites (tertiary alicyclic amines) is 1. The molecule has 43 heavy (non-hydrogen) atoms. The van der Waals surface area contributed by atoms with E-state index in [2.05, 4.69) is 11.4 Å². The minimum Gasteiger partial charge on any atom is -0.493 e. The van der Waals surface area contributed by atoms with Crippen LogP contribution in [0.2, 0.25) is 0 Å². The number of ether oxygens (including phenoxy) is 1. The van der Waals surface area contributed by atoms with Gasteiger partial charge in [-0.1, -0.05) is 49.2 Å². The maximum Gasteiger partial charge on any atom is 0.245 e. The SMILES string of the molecule is CS(=O)(=O)N1CC2(CCN(C(=O)[C@@H](CC3CCOc4ccccc4C3)NC(=O)C3(N)CCCC3)CC2)c2ccccc21.Cl. The van der Waals surface area contributed by atoms with E-state index in [0.29, 0.717) is 58.3 Å². The molecule has 3 heterocycles. The molecule has 2 aromatic carbocycles. The molecule has 9 nitrogen and oxygen atoms in total. The van der Waals surface area contributed by atoms with Crippen molar-refractivity contribution in [3.63, 3.8) is 0 Å². The van der Waals surface area contributed by atoms with Crippen LogP contribution in [0, 0.1) is 5.92 Å². The van der Waals surface area contributed by atoms with E-state index in [1.807, 2.05) is 47.4 Å². The largest absolute Gasteiger partial charge is 0.493 e.